The summed E-state index contributed by atoms with van der Waals surface area (Å²) < 4.78 is 2.41. The smallest absolute Gasteiger partial charge is 0.164 e. The molecule has 0 fully saturated rings. The number of nitrogens with zero attached hydrogens (tertiary/aromatic N) is 4. The Morgan fingerprint density at radius 1 is 0.314 bits per heavy atom. The molecular weight excluding hydrogens is 621 g/mol. The Labute approximate surface area is 293 Å². The number of fused-ring (bicyclic) bond motifs is 1. The van der Waals surface area contributed by atoms with E-state index < -0.39 is 0 Å². The maximum atomic E-state index is 5.10. The van der Waals surface area contributed by atoms with E-state index in [4.69, 9.17) is 15.0 Å². The van der Waals surface area contributed by atoms with Crippen LogP contribution in [0, 0.1) is 0 Å². The van der Waals surface area contributed by atoms with E-state index in [1.54, 1.807) is 0 Å². The number of hydrogen-bond acceptors (Lipinski definition) is 3. The molecule has 51 heavy (non-hydrogen) atoms. The maximum Gasteiger partial charge on any atom is 0.164 e. The highest BCUT2D eigenvalue weighted by Crippen LogP contribution is 2.47. The zero-order valence-corrected chi connectivity index (χ0v) is 27.5. The molecule has 0 spiro atoms. The van der Waals surface area contributed by atoms with Gasteiger partial charge in [-0.1, -0.05) is 146 Å². The summed E-state index contributed by atoms with van der Waals surface area (Å²) in [5.74, 6) is 1.93. The lowest BCUT2D eigenvalue weighted by atomic mass is 9.89. The summed E-state index contributed by atoms with van der Waals surface area (Å²) in [6.45, 7) is 0. The Kier molecular flexibility index (Phi) is 5.92. The molecule has 236 valence electrons. The molecule has 0 unspecified atom stereocenters. The average molecular weight is 649 g/mol. The molecule has 2 aromatic heterocycles. The third-order valence-electron chi connectivity index (χ3n) is 10.3. The molecular formula is C47H28N4. The van der Waals surface area contributed by atoms with Gasteiger partial charge in [0, 0.05) is 38.5 Å². The second-order valence-electron chi connectivity index (χ2n) is 13.2. The Morgan fingerprint density at radius 3 is 1.57 bits per heavy atom. The van der Waals surface area contributed by atoms with Crippen molar-refractivity contribution in [3.8, 4) is 51.0 Å². The highest BCUT2D eigenvalue weighted by Gasteiger charge is 2.22. The number of aromatic nitrogens is 4. The second-order valence-corrected chi connectivity index (χ2v) is 13.2. The molecule has 0 aliphatic rings. The van der Waals surface area contributed by atoms with Crippen LogP contribution < -0.4 is 0 Å². The van der Waals surface area contributed by atoms with Gasteiger partial charge in [0.05, 0.1) is 11.0 Å². The average Bonchev–Trinajstić information content (AvgIpc) is 3.56. The van der Waals surface area contributed by atoms with E-state index in [2.05, 4.69) is 138 Å². The first kappa shape index (κ1) is 28.0. The lowest BCUT2D eigenvalue weighted by molar-refractivity contribution is 1.07. The van der Waals surface area contributed by atoms with Gasteiger partial charge in [0.15, 0.2) is 17.5 Å². The van der Waals surface area contributed by atoms with E-state index in [1.165, 1.54) is 59.7 Å². The largest absolute Gasteiger partial charge is 0.309 e. The third-order valence-corrected chi connectivity index (χ3v) is 10.3. The summed E-state index contributed by atoms with van der Waals surface area (Å²) in [7, 11) is 0. The highest BCUT2D eigenvalue weighted by atomic mass is 15.0. The van der Waals surface area contributed by atoms with Gasteiger partial charge in [0.25, 0.3) is 0 Å². The molecule has 0 radical (unpaired) electrons. The molecule has 0 atom stereocenters. The van der Waals surface area contributed by atoms with Gasteiger partial charge in [-0.3, -0.25) is 0 Å². The lowest BCUT2D eigenvalue weighted by Crippen LogP contribution is -2.01. The molecule has 0 bridgehead atoms. The maximum absolute atomic E-state index is 5.10. The van der Waals surface area contributed by atoms with Gasteiger partial charge in [-0.05, 0) is 62.3 Å². The third kappa shape index (κ3) is 4.23. The minimum absolute atomic E-state index is 0.637. The topological polar surface area (TPSA) is 43.6 Å². The molecule has 0 aliphatic heterocycles. The first-order chi connectivity index (χ1) is 25.3. The van der Waals surface area contributed by atoms with Gasteiger partial charge in [-0.2, -0.15) is 0 Å². The highest BCUT2D eigenvalue weighted by molar-refractivity contribution is 6.40. The molecule has 0 amide bonds. The van der Waals surface area contributed by atoms with Gasteiger partial charge in [-0.25, -0.2) is 15.0 Å². The first-order valence-corrected chi connectivity index (χ1v) is 17.3. The van der Waals surface area contributed by atoms with Crippen molar-refractivity contribution in [3.05, 3.63) is 170 Å². The molecule has 0 N–H and O–H groups in total. The SMILES string of the molecule is c1ccc(-c2ccc(-c3nc(-c4ccccc4)nc(-c4cccc(-n5c6cccc7c8cccc9ccc%10ccc5c(c%10c98)c76)c4)n3)cc2)cc1. The minimum atomic E-state index is 0.637. The van der Waals surface area contributed by atoms with Crippen molar-refractivity contribution in [2.24, 2.45) is 0 Å². The van der Waals surface area contributed by atoms with Crippen LogP contribution in [0.1, 0.15) is 0 Å². The van der Waals surface area contributed by atoms with E-state index in [-0.39, 0.29) is 0 Å². The van der Waals surface area contributed by atoms with Crippen LogP contribution in [0.15, 0.2) is 170 Å². The van der Waals surface area contributed by atoms with Crippen LogP contribution in [0.5, 0.6) is 0 Å². The van der Waals surface area contributed by atoms with Crippen molar-refractivity contribution in [2.45, 2.75) is 0 Å². The van der Waals surface area contributed by atoms with E-state index in [0.29, 0.717) is 17.5 Å². The number of benzene rings is 9. The monoisotopic (exact) mass is 648 g/mol. The fourth-order valence-electron chi connectivity index (χ4n) is 8.05. The quantitative estimate of drug-likeness (QED) is 0.138. The number of rotatable bonds is 5. The van der Waals surface area contributed by atoms with Gasteiger partial charge in [0.2, 0.25) is 0 Å². The van der Waals surface area contributed by atoms with E-state index in [1.807, 2.05) is 36.4 Å². The van der Waals surface area contributed by atoms with Crippen molar-refractivity contribution in [3.63, 3.8) is 0 Å². The van der Waals surface area contributed by atoms with Crippen LogP contribution in [0.3, 0.4) is 0 Å². The van der Waals surface area contributed by atoms with Gasteiger partial charge in [-0.15, -0.1) is 0 Å². The fourth-order valence-corrected chi connectivity index (χ4v) is 8.05. The predicted octanol–water partition coefficient (Wildman–Crippen LogP) is 12.0. The molecule has 11 aromatic rings. The zero-order chi connectivity index (χ0) is 33.5. The Morgan fingerprint density at radius 2 is 0.824 bits per heavy atom. The molecule has 4 nitrogen and oxygen atoms in total. The summed E-state index contributed by atoms with van der Waals surface area (Å²) in [5, 5.41) is 10.5. The Bertz CT molecular complexity index is 3050. The Balaban J connectivity index is 1.11. The lowest BCUT2D eigenvalue weighted by Gasteiger charge is -2.13. The molecule has 0 saturated heterocycles. The van der Waals surface area contributed by atoms with Crippen LogP contribution in [-0.2, 0) is 0 Å². The van der Waals surface area contributed by atoms with E-state index >= 15 is 0 Å². The van der Waals surface area contributed by atoms with Crippen LogP contribution in [-0.4, -0.2) is 19.5 Å². The molecule has 0 aliphatic carbocycles. The summed E-state index contributed by atoms with van der Waals surface area (Å²) >= 11 is 0. The minimum Gasteiger partial charge on any atom is -0.309 e. The number of hydrogen-bond donors (Lipinski definition) is 0. The van der Waals surface area contributed by atoms with Crippen LogP contribution in [0.4, 0.5) is 0 Å². The van der Waals surface area contributed by atoms with Gasteiger partial charge < -0.3 is 4.57 Å². The zero-order valence-electron chi connectivity index (χ0n) is 27.5. The van der Waals surface area contributed by atoms with Crippen LogP contribution in [0.25, 0.3) is 105 Å². The van der Waals surface area contributed by atoms with E-state index in [0.717, 1.165) is 27.9 Å². The van der Waals surface area contributed by atoms with Crippen molar-refractivity contribution in [2.75, 3.05) is 0 Å². The molecule has 11 rings (SSSR count). The normalized spacial score (nSPS) is 11.9. The van der Waals surface area contributed by atoms with Crippen LogP contribution >= 0.6 is 0 Å². The fraction of sp³-hybridized carbons (Fsp3) is 0. The molecule has 0 saturated carbocycles. The van der Waals surface area contributed by atoms with Crippen molar-refractivity contribution >= 4 is 54.1 Å². The van der Waals surface area contributed by atoms with Crippen molar-refractivity contribution in [1.29, 1.82) is 0 Å². The molecule has 9 aromatic carbocycles. The summed E-state index contributed by atoms with van der Waals surface area (Å²) in [6.07, 6.45) is 0. The molecule has 2 heterocycles. The van der Waals surface area contributed by atoms with Crippen molar-refractivity contribution < 1.29 is 0 Å². The summed E-state index contributed by atoms with van der Waals surface area (Å²) in [5.41, 5.74) is 8.61. The van der Waals surface area contributed by atoms with E-state index in [9.17, 15) is 0 Å². The molecule has 4 heteroatoms. The van der Waals surface area contributed by atoms with Gasteiger partial charge in [0.1, 0.15) is 0 Å². The standard InChI is InChI=1S/C47H28N4/c1-3-10-29(11-4-1)30-20-24-34(25-21-30)46-48-45(33-12-5-2-6-13-33)49-47(50-46)35-15-7-16-36(28-35)51-39-19-9-18-38-37-17-8-14-31-22-23-32-26-27-40(51)44(43(38)39)42(32)41(31)37/h1-28H. The summed E-state index contributed by atoms with van der Waals surface area (Å²) in [4.78, 5) is 15.2. The Hall–Kier alpha value is -6.91. The second kappa shape index (κ2) is 10.8. The van der Waals surface area contributed by atoms with Crippen molar-refractivity contribution in [1.82, 2.24) is 19.5 Å². The van der Waals surface area contributed by atoms with Gasteiger partial charge >= 0.3 is 0 Å². The predicted molar refractivity (Wildman–Crippen MR) is 211 cm³/mol. The summed E-state index contributed by atoms with van der Waals surface area (Å²) in [6, 6.07) is 60.1. The van der Waals surface area contributed by atoms with Crippen LogP contribution in [0.2, 0.25) is 0 Å². The first-order valence-electron chi connectivity index (χ1n) is 17.3.